The average molecular weight is 354 g/mol. The van der Waals surface area contributed by atoms with Crippen LogP contribution < -0.4 is 0 Å². The van der Waals surface area contributed by atoms with E-state index >= 15 is 0 Å². The third-order valence-electron chi connectivity index (χ3n) is 4.61. The normalized spacial score (nSPS) is 16.4. The largest absolute Gasteiger partial charge is 0.424 e. The van der Waals surface area contributed by atoms with Gasteiger partial charge in [0.1, 0.15) is 5.69 Å². The monoisotopic (exact) mass is 354 g/mol. The van der Waals surface area contributed by atoms with E-state index in [1.165, 1.54) is 0 Å². The molecule has 0 N–H and O–H groups in total. The number of hydrogen-bond acceptors (Lipinski definition) is 8. The van der Waals surface area contributed by atoms with Crippen molar-refractivity contribution in [3.63, 3.8) is 0 Å². The molecule has 0 aromatic carbocycles. The molecule has 0 atom stereocenters. The van der Waals surface area contributed by atoms with E-state index in [2.05, 4.69) is 30.2 Å². The second-order valence-electron chi connectivity index (χ2n) is 6.91. The Balaban J connectivity index is 1.34. The standard InChI is InChI=1S/C18H22N6O2/c1-12(2)17-22-21-15(25-17)11-24-9-6-13(7-10-24)18-20-16(23-26-18)14-5-3-4-8-19-14/h3-5,8,12-13H,6-7,9-11H2,1-2H3. The maximum atomic E-state index is 5.70. The first-order chi connectivity index (χ1) is 12.7. The molecule has 8 heteroatoms. The topological polar surface area (TPSA) is 94.0 Å². The number of nitrogens with zero attached hydrogens (tertiary/aromatic N) is 6. The maximum Gasteiger partial charge on any atom is 0.230 e. The summed E-state index contributed by atoms with van der Waals surface area (Å²) in [6, 6.07) is 5.67. The summed E-state index contributed by atoms with van der Waals surface area (Å²) in [5, 5.41) is 12.3. The first kappa shape index (κ1) is 16.8. The minimum absolute atomic E-state index is 0.257. The van der Waals surface area contributed by atoms with E-state index in [0.717, 1.165) is 31.6 Å². The lowest BCUT2D eigenvalue weighted by atomic mass is 9.97. The summed E-state index contributed by atoms with van der Waals surface area (Å²) in [5.74, 6) is 3.17. The van der Waals surface area contributed by atoms with Crippen LogP contribution in [0.4, 0.5) is 0 Å². The van der Waals surface area contributed by atoms with Crippen LogP contribution in [-0.4, -0.2) is 43.3 Å². The Hall–Kier alpha value is -2.61. The van der Waals surface area contributed by atoms with Crippen molar-refractivity contribution < 1.29 is 8.94 Å². The second-order valence-corrected chi connectivity index (χ2v) is 6.91. The van der Waals surface area contributed by atoms with Gasteiger partial charge in [-0.05, 0) is 38.1 Å². The zero-order chi connectivity index (χ0) is 17.9. The molecule has 136 valence electrons. The molecule has 0 aliphatic carbocycles. The molecule has 4 heterocycles. The number of rotatable bonds is 5. The Bertz CT molecular complexity index is 836. The molecule has 0 unspecified atom stereocenters. The number of pyridine rings is 1. The Kier molecular flexibility index (Phi) is 4.75. The highest BCUT2D eigenvalue weighted by Crippen LogP contribution is 2.28. The Morgan fingerprint density at radius 3 is 2.73 bits per heavy atom. The summed E-state index contributed by atoms with van der Waals surface area (Å²) in [4.78, 5) is 11.1. The summed E-state index contributed by atoms with van der Waals surface area (Å²) in [7, 11) is 0. The van der Waals surface area contributed by atoms with Crippen LogP contribution in [0.15, 0.2) is 33.3 Å². The van der Waals surface area contributed by atoms with Crippen molar-refractivity contribution in [1.82, 2.24) is 30.2 Å². The van der Waals surface area contributed by atoms with Gasteiger partial charge in [-0.15, -0.1) is 10.2 Å². The van der Waals surface area contributed by atoms with Crippen LogP contribution in [-0.2, 0) is 6.54 Å². The SMILES string of the molecule is CC(C)c1nnc(CN2CCC(c3nc(-c4ccccn4)no3)CC2)o1. The van der Waals surface area contributed by atoms with Crippen LogP contribution in [0.25, 0.3) is 11.5 Å². The number of aromatic nitrogens is 5. The summed E-state index contributed by atoms with van der Waals surface area (Å²) >= 11 is 0. The second kappa shape index (κ2) is 7.33. The van der Waals surface area contributed by atoms with Gasteiger partial charge in [0.2, 0.25) is 23.5 Å². The predicted molar refractivity (Wildman–Crippen MR) is 93.2 cm³/mol. The van der Waals surface area contributed by atoms with Crippen molar-refractivity contribution in [1.29, 1.82) is 0 Å². The van der Waals surface area contributed by atoms with Crippen molar-refractivity contribution in [2.24, 2.45) is 0 Å². The van der Waals surface area contributed by atoms with Gasteiger partial charge in [0.05, 0.1) is 6.54 Å². The van der Waals surface area contributed by atoms with Gasteiger partial charge < -0.3 is 8.94 Å². The summed E-state index contributed by atoms with van der Waals surface area (Å²) in [6.45, 7) is 6.66. The molecule has 26 heavy (non-hydrogen) atoms. The van der Waals surface area contributed by atoms with Crippen molar-refractivity contribution in [2.45, 2.75) is 45.1 Å². The highest BCUT2D eigenvalue weighted by Gasteiger charge is 2.26. The van der Waals surface area contributed by atoms with Crippen LogP contribution in [0.2, 0.25) is 0 Å². The molecule has 1 saturated heterocycles. The minimum Gasteiger partial charge on any atom is -0.424 e. The molecule has 1 fully saturated rings. The van der Waals surface area contributed by atoms with E-state index in [1.54, 1.807) is 6.20 Å². The minimum atomic E-state index is 0.257. The lowest BCUT2D eigenvalue weighted by molar-refractivity contribution is 0.172. The van der Waals surface area contributed by atoms with Crippen LogP contribution >= 0.6 is 0 Å². The molecule has 4 rings (SSSR count). The first-order valence-corrected chi connectivity index (χ1v) is 8.98. The Morgan fingerprint density at radius 1 is 1.19 bits per heavy atom. The molecule has 0 bridgehead atoms. The van der Waals surface area contributed by atoms with Crippen LogP contribution in [0.3, 0.4) is 0 Å². The van der Waals surface area contributed by atoms with Crippen LogP contribution in [0, 0.1) is 0 Å². The van der Waals surface area contributed by atoms with E-state index in [1.807, 2.05) is 32.0 Å². The molecule has 0 saturated carbocycles. The van der Waals surface area contributed by atoms with Gasteiger partial charge >= 0.3 is 0 Å². The smallest absolute Gasteiger partial charge is 0.230 e. The highest BCUT2D eigenvalue weighted by molar-refractivity contribution is 5.47. The molecular weight excluding hydrogens is 332 g/mol. The molecule has 8 nitrogen and oxygen atoms in total. The molecule has 3 aromatic heterocycles. The Labute approximate surface area is 151 Å². The fourth-order valence-electron chi connectivity index (χ4n) is 3.09. The highest BCUT2D eigenvalue weighted by atomic mass is 16.5. The zero-order valence-corrected chi connectivity index (χ0v) is 15.0. The fourth-order valence-corrected chi connectivity index (χ4v) is 3.09. The number of piperidine rings is 1. The molecule has 1 aliphatic heterocycles. The van der Waals surface area contributed by atoms with Gasteiger partial charge in [0.15, 0.2) is 0 Å². The third-order valence-corrected chi connectivity index (χ3v) is 4.61. The van der Waals surface area contributed by atoms with Gasteiger partial charge in [-0.1, -0.05) is 25.1 Å². The quantitative estimate of drug-likeness (QED) is 0.690. The Morgan fingerprint density at radius 2 is 2.04 bits per heavy atom. The van der Waals surface area contributed by atoms with Gasteiger partial charge in [-0.3, -0.25) is 9.88 Å². The van der Waals surface area contributed by atoms with Gasteiger partial charge in [0, 0.05) is 18.0 Å². The summed E-state index contributed by atoms with van der Waals surface area (Å²) in [6.07, 6.45) is 3.66. The van der Waals surface area contributed by atoms with Crippen molar-refractivity contribution in [3.05, 3.63) is 42.1 Å². The lowest BCUT2D eigenvalue weighted by Crippen LogP contribution is -2.32. The molecule has 0 amide bonds. The number of likely N-dealkylation sites (tertiary alicyclic amines) is 1. The van der Waals surface area contributed by atoms with Crippen molar-refractivity contribution in [2.75, 3.05) is 13.1 Å². The predicted octanol–water partition coefficient (Wildman–Crippen LogP) is 3.02. The molecule has 1 aliphatic rings. The number of hydrogen-bond donors (Lipinski definition) is 0. The summed E-state index contributed by atoms with van der Waals surface area (Å²) in [5.41, 5.74) is 0.734. The van der Waals surface area contributed by atoms with E-state index in [9.17, 15) is 0 Å². The molecule has 3 aromatic rings. The first-order valence-electron chi connectivity index (χ1n) is 8.98. The van der Waals surface area contributed by atoms with E-state index in [-0.39, 0.29) is 11.8 Å². The average Bonchev–Trinajstić information content (AvgIpc) is 3.33. The van der Waals surface area contributed by atoms with Gasteiger partial charge in [0.25, 0.3) is 0 Å². The fraction of sp³-hybridized carbons (Fsp3) is 0.500. The summed E-state index contributed by atoms with van der Waals surface area (Å²) < 4.78 is 11.2. The zero-order valence-electron chi connectivity index (χ0n) is 15.0. The lowest BCUT2D eigenvalue weighted by Gasteiger charge is -2.28. The van der Waals surface area contributed by atoms with Crippen LogP contribution in [0.1, 0.15) is 56.2 Å². The van der Waals surface area contributed by atoms with E-state index in [0.29, 0.717) is 30.0 Å². The van der Waals surface area contributed by atoms with Crippen LogP contribution in [0.5, 0.6) is 0 Å². The molecular formula is C18H22N6O2. The van der Waals surface area contributed by atoms with Crippen molar-refractivity contribution >= 4 is 0 Å². The maximum absolute atomic E-state index is 5.70. The van der Waals surface area contributed by atoms with Gasteiger partial charge in [-0.2, -0.15) is 4.98 Å². The third kappa shape index (κ3) is 3.65. The van der Waals surface area contributed by atoms with Gasteiger partial charge in [-0.25, -0.2) is 0 Å². The molecule has 0 radical (unpaired) electrons. The van der Waals surface area contributed by atoms with E-state index < -0.39 is 0 Å². The molecule has 0 spiro atoms. The van der Waals surface area contributed by atoms with E-state index in [4.69, 9.17) is 8.94 Å². The van der Waals surface area contributed by atoms with Crippen molar-refractivity contribution in [3.8, 4) is 11.5 Å².